The molecule has 5 nitrogen and oxygen atoms in total. The van der Waals surface area contributed by atoms with Crippen molar-refractivity contribution in [1.82, 2.24) is 20.0 Å². The zero-order valence-corrected chi connectivity index (χ0v) is 13.3. The Morgan fingerprint density at radius 1 is 1.21 bits per heavy atom. The van der Waals surface area contributed by atoms with E-state index < -0.39 is 0 Å². The Kier molecular flexibility index (Phi) is 6.31. The van der Waals surface area contributed by atoms with Crippen molar-refractivity contribution in [1.29, 1.82) is 0 Å². The number of aromatic nitrogens is 2. The molecule has 0 aliphatic carbocycles. The Bertz CT molecular complexity index is 383. The summed E-state index contributed by atoms with van der Waals surface area (Å²) in [6.45, 7) is 8.28. The molecular weight excluding hydrogens is 238 g/mol. The van der Waals surface area contributed by atoms with E-state index in [9.17, 15) is 0 Å². The Balaban J connectivity index is 2.79. The van der Waals surface area contributed by atoms with Crippen molar-refractivity contribution in [3.63, 3.8) is 0 Å². The van der Waals surface area contributed by atoms with E-state index in [1.807, 2.05) is 11.7 Å². The predicted molar refractivity (Wildman–Crippen MR) is 81.8 cm³/mol. The molecule has 0 aromatic carbocycles. The third-order valence-electron chi connectivity index (χ3n) is 3.29. The van der Waals surface area contributed by atoms with Crippen LogP contribution in [-0.2, 0) is 13.6 Å². The highest BCUT2D eigenvalue weighted by Gasteiger charge is 2.16. The highest BCUT2D eigenvalue weighted by Crippen LogP contribution is 2.21. The number of aryl methyl sites for hydroxylation is 2. The van der Waals surface area contributed by atoms with Crippen LogP contribution in [0.15, 0.2) is 0 Å². The molecule has 0 aliphatic heterocycles. The van der Waals surface area contributed by atoms with Gasteiger partial charge >= 0.3 is 0 Å². The van der Waals surface area contributed by atoms with Gasteiger partial charge in [-0.05, 0) is 34.0 Å². The van der Waals surface area contributed by atoms with E-state index in [2.05, 4.69) is 55.2 Å². The third kappa shape index (κ3) is 4.51. The van der Waals surface area contributed by atoms with E-state index in [-0.39, 0.29) is 0 Å². The molecule has 1 aromatic heterocycles. The molecule has 0 saturated carbocycles. The first-order valence-electron chi connectivity index (χ1n) is 7.06. The lowest BCUT2D eigenvalue weighted by Crippen LogP contribution is -2.30. The van der Waals surface area contributed by atoms with Crippen LogP contribution in [-0.4, -0.2) is 55.5 Å². The predicted octanol–water partition coefficient (Wildman–Crippen LogP) is 1.23. The molecule has 0 fully saturated rings. The second-order valence-corrected chi connectivity index (χ2v) is 5.41. The minimum Gasteiger partial charge on any atom is -0.358 e. The van der Waals surface area contributed by atoms with Crippen molar-refractivity contribution in [3.05, 3.63) is 11.3 Å². The molecule has 0 saturated heterocycles. The maximum atomic E-state index is 4.56. The van der Waals surface area contributed by atoms with Crippen molar-refractivity contribution < 1.29 is 0 Å². The number of hydrogen-bond donors (Lipinski definition) is 1. The van der Waals surface area contributed by atoms with Crippen molar-refractivity contribution >= 4 is 5.82 Å². The van der Waals surface area contributed by atoms with E-state index in [0.717, 1.165) is 38.3 Å². The zero-order chi connectivity index (χ0) is 14.4. The van der Waals surface area contributed by atoms with Crippen LogP contribution >= 0.6 is 0 Å². The van der Waals surface area contributed by atoms with Gasteiger partial charge in [0.25, 0.3) is 0 Å². The second-order valence-electron chi connectivity index (χ2n) is 5.41. The lowest BCUT2D eigenvalue weighted by Gasteiger charge is -2.23. The maximum absolute atomic E-state index is 4.56. The van der Waals surface area contributed by atoms with E-state index in [1.165, 1.54) is 11.4 Å². The molecule has 19 heavy (non-hydrogen) atoms. The molecule has 1 heterocycles. The lowest BCUT2D eigenvalue weighted by atomic mass is 10.2. The molecule has 0 unspecified atom stereocenters. The summed E-state index contributed by atoms with van der Waals surface area (Å²) in [6, 6.07) is 0. The van der Waals surface area contributed by atoms with Gasteiger partial charge in [0.05, 0.1) is 5.69 Å². The summed E-state index contributed by atoms with van der Waals surface area (Å²) in [5.74, 6) is 1.22. The van der Waals surface area contributed by atoms with E-state index in [1.54, 1.807) is 0 Å². The molecule has 0 aliphatic rings. The van der Waals surface area contributed by atoms with Crippen LogP contribution in [0.1, 0.15) is 24.6 Å². The molecule has 5 heteroatoms. The fraction of sp³-hybridized carbons (Fsp3) is 0.786. The van der Waals surface area contributed by atoms with Crippen molar-refractivity contribution in [2.75, 3.05) is 45.7 Å². The quantitative estimate of drug-likeness (QED) is 0.719. The Labute approximate surface area is 117 Å². The Hall–Kier alpha value is -1.07. The van der Waals surface area contributed by atoms with Gasteiger partial charge in [-0.2, -0.15) is 5.10 Å². The third-order valence-corrected chi connectivity index (χ3v) is 3.29. The standard InChI is InChI=1S/C14H29N5/c1-7-8-15-11-13-12(2)16-19(6)14(13)18(5)10-9-17(3)4/h15H,7-11H2,1-6H3. The normalized spacial score (nSPS) is 11.3. The largest absolute Gasteiger partial charge is 0.358 e. The summed E-state index contributed by atoms with van der Waals surface area (Å²) >= 11 is 0. The molecular formula is C14H29N5. The van der Waals surface area contributed by atoms with Gasteiger partial charge in [-0.15, -0.1) is 0 Å². The first-order chi connectivity index (χ1) is 8.97. The first kappa shape index (κ1) is 16.0. The van der Waals surface area contributed by atoms with Gasteiger partial charge in [0, 0.05) is 39.3 Å². The van der Waals surface area contributed by atoms with Crippen molar-refractivity contribution in [2.24, 2.45) is 7.05 Å². The van der Waals surface area contributed by atoms with Crippen LogP contribution in [0.3, 0.4) is 0 Å². The van der Waals surface area contributed by atoms with Gasteiger partial charge < -0.3 is 15.1 Å². The molecule has 0 radical (unpaired) electrons. The summed E-state index contributed by atoms with van der Waals surface area (Å²) in [4.78, 5) is 4.50. The topological polar surface area (TPSA) is 36.3 Å². The van der Waals surface area contributed by atoms with Crippen LogP contribution in [0, 0.1) is 6.92 Å². The van der Waals surface area contributed by atoms with Gasteiger partial charge in [-0.25, -0.2) is 0 Å². The number of nitrogens with one attached hydrogen (secondary N) is 1. The minimum absolute atomic E-state index is 0.898. The summed E-state index contributed by atoms with van der Waals surface area (Å²) in [7, 11) is 8.37. The first-order valence-corrected chi connectivity index (χ1v) is 7.06. The lowest BCUT2D eigenvalue weighted by molar-refractivity contribution is 0.415. The van der Waals surface area contributed by atoms with Gasteiger partial charge in [0.1, 0.15) is 5.82 Å². The molecule has 0 amide bonds. The summed E-state index contributed by atoms with van der Waals surface area (Å²) in [5.41, 5.74) is 2.44. The number of nitrogens with zero attached hydrogens (tertiary/aromatic N) is 4. The van der Waals surface area contributed by atoms with Crippen LogP contribution in [0.4, 0.5) is 5.82 Å². The smallest absolute Gasteiger partial charge is 0.131 e. The summed E-state index contributed by atoms with van der Waals surface area (Å²) in [6.07, 6.45) is 1.16. The van der Waals surface area contributed by atoms with Gasteiger partial charge in [-0.1, -0.05) is 6.92 Å². The fourth-order valence-corrected chi connectivity index (χ4v) is 2.22. The number of likely N-dealkylation sites (N-methyl/N-ethyl adjacent to an activating group) is 2. The number of rotatable bonds is 8. The average Bonchev–Trinajstić information content (AvgIpc) is 2.62. The van der Waals surface area contributed by atoms with Crippen molar-refractivity contribution in [2.45, 2.75) is 26.8 Å². The molecule has 1 N–H and O–H groups in total. The molecule has 1 aromatic rings. The van der Waals surface area contributed by atoms with E-state index in [4.69, 9.17) is 0 Å². The van der Waals surface area contributed by atoms with Crippen molar-refractivity contribution in [3.8, 4) is 0 Å². The Morgan fingerprint density at radius 2 is 1.89 bits per heavy atom. The van der Waals surface area contributed by atoms with Crippen LogP contribution in [0.5, 0.6) is 0 Å². The number of anilines is 1. The SMILES string of the molecule is CCCNCc1c(C)nn(C)c1N(C)CCN(C)C. The highest BCUT2D eigenvalue weighted by atomic mass is 15.4. The maximum Gasteiger partial charge on any atom is 0.131 e. The van der Waals surface area contributed by atoms with Crippen LogP contribution in [0.2, 0.25) is 0 Å². The zero-order valence-electron chi connectivity index (χ0n) is 13.3. The molecule has 0 spiro atoms. The Morgan fingerprint density at radius 3 is 2.47 bits per heavy atom. The van der Waals surface area contributed by atoms with E-state index >= 15 is 0 Å². The molecule has 1 rings (SSSR count). The molecule has 0 atom stereocenters. The van der Waals surface area contributed by atoms with Gasteiger partial charge in [0.15, 0.2) is 0 Å². The average molecular weight is 267 g/mol. The summed E-state index contributed by atoms with van der Waals surface area (Å²) in [5, 5.41) is 8.03. The molecule has 0 bridgehead atoms. The fourth-order valence-electron chi connectivity index (χ4n) is 2.22. The number of hydrogen-bond acceptors (Lipinski definition) is 4. The highest BCUT2D eigenvalue weighted by molar-refractivity contribution is 5.49. The van der Waals surface area contributed by atoms with Gasteiger partial charge in [-0.3, -0.25) is 4.68 Å². The summed E-state index contributed by atoms with van der Waals surface area (Å²) < 4.78 is 1.99. The van der Waals surface area contributed by atoms with Gasteiger partial charge in [0.2, 0.25) is 0 Å². The second kappa shape index (κ2) is 7.50. The molecule has 110 valence electrons. The monoisotopic (exact) mass is 267 g/mol. The van der Waals surface area contributed by atoms with Crippen LogP contribution < -0.4 is 10.2 Å². The van der Waals surface area contributed by atoms with Crippen LogP contribution in [0.25, 0.3) is 0 Å². The minimum atomic E-state index is 0.898. The van der Waals surface area contributed by atoms with E-state index in [0.29, 0.717) is 0 Å².